The normalized spacial score (nSPS) is 26.0. The van der Waals surface area contributed by atoms with Crippen LogP contribution in [0.2, 0.25) is 0 Å². The van der Waals surface area contributed by atoms with Crippen LogP contribution in [-0.2, 0) is 6.54 Å². The van der Waals surface area contributed by atoms with Crippen molar-refractivity contribution in [2.75, 3.05) is 26.2 Å². The maximum absolute atomic E-state index is 5.12. The van der Waals surface area contributed by atoms with E-state index in [4.69, 9.17) is 4.52 Å². The predicted octanol–water partition coefficient (Wildman–Crippen LogP) is 3.41. The first kappa shape index (κ1) is 17.6. The summed E-state index contributed by atoms with van der Waals surface area (Å²) in [5, 5.41) is 4.07. The highest BCUT2D eigenvalue weighted by Gasteiger charge is 2.24. The van der Waals surface area contributed by atoms with Crippen molar-refractivity contribution >= 4 is 0 Å². The molecule has 0 aromatic carbocycles. The van der Waals surface area contributed by atoms with Gasteiger partial charge in [0.15, 0.2) is 5.82 Å². The molecule has 0 spiro atoms. The van der Waals surface area contributed by atoms with E-state index >= 15 is 0 Å². The highest BCUT2D eigenvalue weighted by atomic mass is 16.5. The average molecular weight is 332 g/mol. The van der Waals surface area contributed by atoms with Crippen LogP contribution in [0.5, 0.6) is 0 Å². The molecule has 5 nitrogen and oxygen atoms in total. The molecular weight excluding hydrogens is 300 g/mol. The molecule has 0 bridgehead atoms. The third-order valence-corrected chi connectivity index (χ3v) is 5.52. The molecule has 0 amide bonds. The van der Waals surface area contributed by atoms with Crippen LogP contribution < -0.4 is 0 Å². The molecule has 1 fully saturated rings. The summed E-state index contributed by atoms with van der Waals surface area (Å²) >= 11 is 0. The molecule has 0 unspecified atom stereocenters. The number of aryl methyl sites for hydroxylation is 1. The van der Waals surface area contributed by atoms with Crippen molar-refractivity contribution in [2.45, 2.75) is 65.0 Å². The van der Waals surface area contributed by atoms with Gasteiger partial charge in [-0.2, -0.15) is 4.98 Å². The van der Waals surface area contributed by atoms with Crippen LogP contribution in [0.3, 0.4) is 0 Å². The summed E-state index contributed by atoms with van der Waals surface area (Å²) < 4.78 is 5.12. The first-order chi connectivity index (χ1) is 11.7. The van der Waals surface area contributed by atoms with Gasteiger partial charge < -0.3 is 9.42 Å². The van der Waals surface area contributed by atoms with Crippen molar-refractivity contribution in [1.82, 2.24) is 19.9 Å². The quantitative estimate of drug-likeness (QED) is 0.747. The summed E-state index contributed by atoms with van der Waals surface area (Å²) in [5.41, 5.74) is 0. The molecule has 5 heteroatoms. The predicted molar refractivity (Wildman–Crippen MR) is 95.7 cm³/mol. The lowest BCUT2D eigenvalue weighted by Crippen LogP contribution is -2.36. The summed E-state index contributed by atoms with van der Waals surface area (Å²) in [6.45, 7) is 9.73. The Morgan fingerprint density at radius 3 is 2.88 bits per heavy atom. The molecule has 0 radical (unpaired) electrons. The lowest BCUT2D eigenvalue weighted by Gasteiger charge is -2.29. The van der Waals surface area contributed by atoms with E-state index in [9.17, 15) is 0 Å². The molecule has 1 aromatic rings. The Balaban J connectivity index is 1.50. The maximum Gasteiger partial charge on any atom is 0.223 e. The number of allylic oxidation sites excluding steroid dienone is 2. The fourth-order valence-corrected chi connectivity index (χ4v) is 4.16. The van der Waals surface area contributed by atoms with E-state index in [1.165, 1.54) is 58.2 Å². The van der Waals surface area contributed by atoms with E-state index in [0.717, 1.165) is 24.8 Å². The Morgan fingerprint density at radius 2 is 2.17 bits per heavy atom. The lowest BCUT2D eigenvalue weighted by molar-refractivity contribution is 0.168. The third kappa shape index (κ3) is 4.90. The number of nitrogens with zero attached hydrogens (tertiary/aromatic N) is 4. The maximum atomic E-state index is 5.12. The van der Waals surface area contributed by atoms with Gasteiger partial charge in [-0.15, -0.1) is 0 Å². The summed E-state index contributed by atoms with van der Waals surface area (Å²) in [4.78, 5) is 9.60. The molecule has 0 N–H and O–H groups in total. The van der Waals surface area contributed by atoms with E-state index < -0.39 is 0 Å². The SMILES string of the molecule is CCN(Cc1noc(C)n1)[C@H]1CCCN(C[C@H]2CC=CCC2)CC1. The Kier molecular flexibility index (Phi) is 6.44. The monoisotopic (exact) mass is 332 g/mol. The minimum Gasteiger partial charge on any atom is -0.340 e. The summed E-state index contributed by atoms with van der Waals surface area (Å²) in [6, 6.07) is 0.644. The highest BCUT2D eigenvalue weighted by Crippen LogP contribution is 2.23. The fraction of sp³-hybridized carbons (Fsp3) is 0.789. The van der Waals surface area contributed by atoms with Crippen molar-refractivity contribution in [2.24, 2.45) is 5.92 Å². The van der Waals surface area contributed by atoms with Crippen LogP contribution in [0.4, 0.5) is 0 Å². The van der Waals surface area contributed by atoms with Gasteiger partial charge in [0, 0.05) is 19.5 Å². The molecular formula is C19H32N4O. The molecule has 1 aliphatic heterocycles. The van der Waals surface area contributed by atoms with Crippen LogP contribution in [0.15, 0.2) is 16.7 Å². The topological polar surface area (TPSA) is 45.4 Å². The third-order valence-electron chi connectivity index (χ3n) is 5.52. The Hall–Kier alpha value is -1.20. The molecule has 0 saturated carbocycles. The van der Waals surface area contributed by atoms with Gasteiger partial charge in [-0.25, -0.2) is 0 Å². The van der Waals surface area contributed by atoms with Crippen LogP contribution in [0, 0.1) is 12.8 Å². The summed E-state index contributed by atoms with van der Waals surface area (Å²) in [5.74, 6) is 2.36. The number of likely N-dealkylation sites (tertiary alicyclic amines) is 1. The standard InChI is InChI=1S/C19H32N4O/c1-3-23(15-19-20-16(2)24-21-19)18-10-7-12-22(13-11-18)14-17-8-5-4-6-9-17/h4-5,17-18H,3,6-15H2,1-2H3/t17-,18-/m0/s1. The van der Waals surface area contributed by atoms with Gasteiger partial charge in [0.2, 0.25) is 5.89 Å². The number of aromatic nitrogens is 2. The number of hydrogen-bond donors (Lipinski definition) is 0. The van der Waals surface area contributed by atoms with Gasteiger partial charge in [0.1, 0.15) is 0 Å². The Morgan fingerprint density at radius 1 is 1.25 bits per heavy atom. The molecule has 1 saturated heterocycles. The van der Waals surface area contributed by atoms with Gasteiger partial charge in [-0.05, 0) is 64.1 Å². The summed E-state index contributed by atoms with van der Waals surface area (Å²) in [7, 11) is 0. The van der Waals surface area contributed by atoms with Gasteiger partial charge >= 0.3 is 0 Å². The lowest BCUT2D eigenvalue weighted by atomic mass is 9.94. The van der Waals surface area contributed by atoms with Crippen molar-refractivity contribution in [3.63, 3.8) is 0 Å². The molecule has 134 valence electrons. The first-order valence-electron chi connectivity index (χ1n) is 9.65. The molecule has 24 heavy (non-hydrogen) atoms. The van der Waals surface area contributed by atoms with Crippen molar-refractivity contribution in [3.8, 4) is 0 Å². The van der Waals surface area contributed by atoms with E-state index in [1.54, 1.807) is 0 Å². The number of hydrogen-bond acceptors (Lipinski definition) is 5. The Labute approximate surface area is 146 Å². The molecule has 3 rings (SSSR count). The first-order valence-corrected chi connectivity index (χ1v) is 9.65. The van der Waals surface area contributed by atoms with Gasteiger partial charge in [0.05, 0.1) is 6.54 Å². The van der Waals surface area contributed by atoms with E-state index in [2.05, 4.69) is 39.0 Å². The van der Waals surface area contributed by atoms with Crippen molar-refractivity contribution in [3.05, 3.63) is 23.9 Å². The molecule has 1 aromatic heterocycles. The zero-order valence-corrected chi connectivity index (χ0v) is 15.3. The van der Waals surface area contributed by atoms with Crippen molar-refractivity contribution in [1.29, 1.82) is 0 Å². The van der Waals surface area contributed by atoms with Crippen molar-refractivity contribution < 1.29 is 4.52 Å². The molecule has 1 aliphatic carbocycles. The fourth-order valence-electron chi connectivity index (χ4n) is 4.16. The van der Waals surface area contributed by atoms with Gasteiger partial charge in [0.25, 0.3) is 0 Å². The van der Waals surface area contributed by atoms with Gasteiger partial charge in [-0.3, -0.25) is 4.90 Å². The zero-order valence-electron chi connectivity index (χ0n) is 15.3. The second-order valence-electron chi connectivity index (χ2n) is 7.33. The van der Waals surface area contributed by atoms with Crippen LogP contribution in [-0.4, -0.2) is 52.2 Å². The summed E-state index contributed by atoms with van der Waals surface area (Å²) in [6.07, 6.45) is 12.5. The smallest absolute Gasteiger partial charge is 0.223 e. The molecule has 2 heterocycles. The Bertz CT molecular complexity index is 527. The van der Waals surface area contributed by atoms with E-state index in [1.807, 2.05) is 6.92 Å². The molecule has 2 aliphatic rings. The largest absolute Gasteiger partial charge is 0.340 e. The van der Waals surface area contributed by atoms with Gasteiger partial charge in [-0.1, -0.05) is 24.2 Å². The van der Waals surface area contributed by atoms with E-state index in [-0.39, 0.29) is 0 Å². The molecule has 2 atom stereocenters. The van der Waals surface area contributed by atoms with Crippen LogP contribution in [0.25, 0.3) is 0 Å². The second kappa shape index (κ2) is 8.77. The number of rotatable bonds is 6. The van der Waals surface area contributed by atoms with Crippen LogP contribution in [0.1, 0.15) is 57.2 Å². The second-order valence-corrected chi connectivity index (χ2v) is 7.33. The minimum absolute atomic E-state index is 0.644. The van der Waals surface area contributed by atoms with E-state index in [0.29, 0.717) is 11.9 Å². The minimum atomic E-state index is 0.644. The van der Waals surface area contributed by atoms with Crippen LogP contribution >= 0.6 is 0 Å². The average Bonchev–Trinajstić information content (AvgIpc) is 2.87. The zero-order chi connectivity index (χ0) is 16.8. The highest BCUT2D eigenvalue weighted by molar-refractivity contribution is 4.91.